The van der Waals surface area contributed by atoms with E-state index in [1.807, 2.05) is 6.07 Å². The van der Waals surface area contributed by atoms with E-state index in [0.717, 1.165) is 36.8 Å². The predicted octanol–water partition coefficient (Wildman–Crippen LogP) is 0.991. The van der Waals surface area contributed by atoms with Crippen molar-refractivity contribution in [2.45, 2.75) is 48.8 Å². The lowest BCUT2D eigenvalue weighted by molar-refractivity contribution is -0.191. The largest absolute Gasteiger partial charge is 0.504 e. The van der Waals surface area contributed by atoms with E-state index in [-0.39, 0.29) is 23.8 Å². The van der Waals surface area contributed by atoms with Gasteiger partial charge in [0.1, 0.15) is 12.4 Å². The van der Waals surface area contributed by atoms with Gasteiger partial charge in [0.05, 0.1) is 16.9 Å². The molecule has 1 aromatic carbocycles. The average molecular weight is 315 g/mol. The zero-order valence-corrected chi connectivity index (χ0v) is 13.2. The van der Waals surface area contributed by atoms with E-state index in [4.69, 9.17) is 4.74 Å². The third kappa shape index (κ3) is 1.32. The second-order valence-electron chi connectivity index (χ2n) is 7.67. The Morgan fingerprint density at radius 1 is 1.39 bits per heavy atom. The molecule has 5 atom stereocenters. The van der Waals surface area contributed by atoms with E-state index < -0.39 is 11.0 Å². The molecular formula is C18H21NO4. The molecule has 1 aromatic rings. The Morgan fingerprint density at radius 2 is 2.22 bits per heavy atom. The molecule has 2 bridgehead atoms. The highest BCUT2D eigenvalue weighted by Crippen LogP contribution is 2.65. The van der Waals surface area contributed by atoms with Crippen LogP contribution in [-0.4, -0.2) is 52.7 Å². The molecule has 1 saturated heterocycles. The van der Waals surface area contributed by atoms with Crippen molar-refractivity contribution in [2.24, 2.45) is 5.92 Å². The summed E-state index contributed by atoms with van der Waals surface area (Å²) in [6.45, 7) is 0.868. The number of benzene rings is 1. The topological polar surface area (TPSA) is 70.0 Å². The first-order valence-electron chi connectivity index (χ1n) is 8.43. The van der Waals surface area contributed by atoms with Crippen LogP contribution < -0.4 is 4.74 Å². The number of nitrogens with zero attached hydrogens (tertiary/aromatic N) is 1. The fraction of sp³-hybridized carbons (Fsp3) is 0.611. The summed E-state index contributed by atoms with van der Waals surface area (Å²) in [5, 5.41) is 22.1. The maximum absolute atomic E-state index is 11.8. The van der Waals surface area contributed by atoms with E-state index in [1.54, 1.807) is 6.07 Å². The molecule has 2 N–H and O–H groups in total. The number of carbonyl (C=O) groups excluding carboxylic acids is 1. The first-order valence-corrected chi connectivity index (χ1v) is 8.43. The minimum absolute atomic E-state index is 0.0398. The van der Waals surface area contributed by atoms with Crippen LogP contribution in [0.1, 0.15) is 30.4 Å². The van der Waals surface area contributed by atoms with E-state index in [9.17, 15) is 15.0 Å². The second-order valence-corrected chi connectivity index (χ2v) is 7.67. The quantitative estimate of drug-likeness (QED) is 0.757. The Labute approximate surface area is 134 Å². The zero-order valence-electron chi connectivity index (χ0n) is 13.2. The predicted molar refractivity (Wildman–Crippen MR) is 82.7 cm³/mol. The summed E-state index contributed by atoms with van der Waals surface area (Å²) < 4.78 is 6.15. The number of phenolic OH excluding ortho intramolecular Hbond substituents is 1. The number of piperidine rings is 1. The van der Waals surface area contributed by atoms with Crippen molar-refractivity contribution in [3.05, 3.63) is 23.3 Å². The molecule has 0 aromatic heterocycles. The molecule has 0 radical (unpaired) electrons. The van der Waals surface area contributed by atoms with E-state index >= 15 is 0 Å². The fourth-order valence-corrected chi connectivity index (χ4v) is 5.93. The molecule has 5 rings (SSSR count). The Bertz CT molecular complexity index is 719. The van der Waals surface area contributed by atoms with Crippen molar-refractivity contribution in [3.63, 3.8) is 0 Å². The normalized spacial score (nSPS) is 43.7. The summed E-state index contributed by atoms with van der Waals surface area (Å²) in [4.78, 5) is 13.9. The van der Waals surface area contributed by atoms with E-state index in [0.29, 0.717) is 18.6 Å². The molecule has 1 spiro atoms. The summed E-state index contributed by atoms with van der Waals surface area (Å²) in [5.41, 5.74) is 0.667. The summed E-state index contributed by atoms with van der Waals surface area (Å²) >= 11 is 0. The summed E-state index contributed by atoms with van der Waals surface area (Å²) in [7, 11) is 2.07. The van der Waals surface area contributed by atoms with E-state index in [2.05, 4.69) is 11.9 Å². The Kier molecular flexibility index (Phi) is 2.45. The molecule has 2 heterocycles. The van der Waals surface area contributed by atoms with Crippen LogP contribution in [0.3, 0.4) is 0 Å². The Hall–Kier alpha value is -1.59. The van der Waals surface area contributed by atoms with Crippen molar-refractivity contribution >= 4 is 6.29 Å². The number of carbonyl (C=O) groups is 1. The molecule has 1 unspecified atom stereocenters. The van der Waals surface area contributed by atoms with Crippen LogP contribution in [0.15, 0.2) is 12.1 Å². The standard InChI is InChI=1S/C18H21NO4/c1-19-7-6-17-14-10-2-3-12(21)15(14)23-16(17)11(9-20)4-5-18(17,22)13(19)8-10/h2-3,9,11,13,16,21-22H,4-8H2,1H3/t11?,13-,16+,17+,18-/m1/s1. The molecule has 0 amide bonds. The third-order valence-corrected chi connectivity index (χ3v) is 6.95. The average Bonchev–Trinajstić information content (AvgIpc) is 2.89. The SMILES string of the molecule is CN1CC[C@]23c4c5ccc(O)c4O[C@H]2C(C=O)CC[C@@]3(O)[C@H]1C5. The van der Waals surface area contributed by atoms with Gasteiger partial charge < -0.3 is 24.6 Å². The number of aromatic hydroxyl groups is 1. The van der Waals surface area contributed by atoms with Crippen molar-refractivity contribution < 1.29 is 19.7 Å². The van der Waals surface area contributed by atoms with Gasteiger partial charge in [0.2, 0.25) is 0 Å². The van der Waals surface area contributed by atoms with Crippen LogP contribution >= 0.6 is 0 Å². The number of likely N-dealkylation sites (N-methyl/N-ethyl adjacent to an activating group) is 1. The number of phenols is 1. The lowest BCUT2D eigenvalue weighted by atomic mass is 9.47. The third-order valence-electron chi connectivity index (χ3n) is 6.95. The molecule has 2 fully saturated rings. The van der Waals surface area contributed by atoms with Crippen LogP contribution in [0.2, 0.25) is 0 Å². The highest BCUT2D eigenvalue weighted by atomic mass is 16.5. The molecule has 23 heavy (non-hydrogen) atoms. The van der Waals surface area contributed by atoms with Gasteiger partial charge in [-0.2, -0.15) is 0 Å². The molecule has 2 aliphatic carbocycles. The second kappa shape index (κ2) is 4.08. The Balaban J connectivity index is 1.84. The molecular weight excluding hydrogens is 294 g/mol. The summed E-state index contributed by atoms with van der Waals surface area (Å²) in [5.74, 6) is 0.400. The smallest absolute Gasteiger partial charge is 0.165 e. The van der Waals surface area contributed by atoms with Gasteiger partial charge in [-0.05, 0) is 50.9 Å². The number of likely N-dealkylation sites (tertiary alicyclic amines) is 1. The monoisotopic (exact) mass is 315 g/mol. The summed E-state index contributed by atoms with van der Waals surface area (Å²) in [6.07, 6.45) is 3.38. The lowest BCUT2D eigenvalue weighted by Gasteiger charge is -2.63. The minimum atomic E-state index is -0.893. The minimum Gasteiger partial charge on any atom is -0.504 e. The van der Waals surface area contributed by atoms with Crippen molar-refractivity contribution in [1.29, 1.82) is 0 Å². The number of hydrogen-bond donors (Lipinski definition) is 2. The van der Waals surface area contributed by atoms with Crippen molar-refractivity contribution in [3.8, 4) is 11.5 Å². The van der Waals surface area contributed by atoms with Crippen LogP contribution in [0.4, 0.5) is 0 Å². The van der Waals surface area contributed by atoms with Gasteiger partial charge in [-0.25, -0.2) is 0 Å². The summed E-state index contributed by atoms with van der Waals surface area (Å²) in [6, 6.07) is 3.67. The van der Waals surface area contributed by atoms with Crippen molar-refractivity contribution in [2.75, 3.05) is 13.6 Å². The van der Waals surface area contributed by atoms with Crippen LogP contribution in [0.5, 0.6) is 11.5 Å². The van der Waals surface area contributed by atoms with Gasteiger partial charge in [0, 0.05) is 11.6 Å². The fourth-order valence-electron chi connectivity index (χ4n) is 5.93. The number of ether oxygens (including phenoxy) is 1. The first kappa shape index (κ1) is 13.8. The maximum atomic E-state index is 11.8. The van der Waals surface area contributed by atoms with Crippen LogP contribution in [0.25, 0.3) is 0 Å². The van der Waals surface area contributed by atoms with Gasteiger partial charge in [-0.1, -0.05) is 6.07 Å². The molecule has 1 saturated carbocycles. The molecule has 4 aliphatic rings. The van der Waals surface area contributed by atoms with Gasteiger partial charge in [-0.3, -0.25) is 0 Å². The Morgan fingerprint density at radius 3 is 3.00 bits per heavy atom. The maximum Gasteiger partial charge on any atom is 0.165 e. The molecule has 2 aliphatic heterocycles. The zero-order chi connectivity index (χ0) is 16.0. The molecule has 5 heteroatoms. The molecule has 5 nitrogen and oxygen atoms in total. The van der Waals surface area contributed by atoms with Crippen LogP contribution in [-0.2, 0) is 16.6 Å². The van der Waals surface area contributed by atoms with Gasteiger partial charge in [0.25, 0.3) is 0 Å². The van der Waals surface area contributed by atoms with Gasteiger partial charge in [0.15, 0.2) is 11.5 Å². The lowest BCUT2D eigenvalue weighted by Crippen LogP contribution is -2.76. The van der Waals surface area contributed by atoms with Gasteiger partial charge in [-0.15, -0.1) is 0 Å². The first-order chi connectivity index (χ1) is 11.0. The number of aliphatic hydroxyl groups is 1. The van der Waals surface area contributed by atoms with Gasteiger partial charge >= 0.3 is 0 Å². The number of aldehydes is 1. The highest BCUT2D eigenvalue weighted by molar-refractivity contribution is 5.66. The van der Waals surface area contributed by atoms with Crippen molar-refractivity contribution in [1.82, 2.24) is 4.90 Å². The highest BCUT2D eigenvalue weighted by Gasteiger charge is 2.72. The number of hydrogen-bond acceptors (Lipinski definition) is 5. The number of rotatable bonds is 1. The molecule has 122 valence electrons. The van der Waals surface area contributed by atoms with E-state index in [1.165, 1.54) is 0 Å². The van der Waals surface area contributed by atoms with Crippen LogP contribution in [0, 0.1) is 5.92 Å².